The Morgan fingerprint density at radius 3 is 2.31 bits per heavy atom. The zero-order valence-corrected chi connectivity index (χ0v) is 14.9. The third kappa shape index (κ3) is 2.20. The van der Waals surface area contributed by atoms with E-state index < -0.39 is 29.1 Å². The van der Waals surface area contributed by atoms with Gasteiger partial charge in [0.05, 0.1) is 11.1 Å². The van der Waals surface area contributed by atoms with E-state index in [0.717, 1.165) is 16.0 Å². The Morgan fingerprint density at radius 2 is 1.62 bits per heavy atom. The van der Waals surface area contributed by atoms with Crippen LogP contribution in [0, 0.1) is 18.3 Å². The average Bonchev–Trinajstić information content (AvgIpc) is 2.61. The number of rotatable bonds is 1. The van der Waals surface area contributed by atoms with Crippen LogP contribution in [0.4, 0.5) is 5.69 Å². The lowest BCUT2D eigenvalue weighted by atomic mass is 9.63. The monoisotopic (exact) mass is 349 g/mol. The smallest absolute Gasteiger partial charge is 0.324 e. The number of ether oxygens (including phenoxy) is 1. The number of nitrogens with zero attached hydrogens (tertiary/aromatic N) is 1. The molecule has 0 N–H and O–H groups in total. The molecule has 4 rings (SSSR count). The Kier molecular flexibility index (Phi) is 3.51. The van der Waals surface area contributed by atoms with E-state index in [1.165, 1.54) is 0 Å². The first-order valence-electron chi connectivity index (χ1n) is 8.58. The predicted octanol–water partition coefficient (Wildman–Crippen LogP) is 3.21. The summed E-state index contributed by atoms with van der Waals surface area (Å²) in [5.41, 5.74) is 1.30. The summed E-state index contributed by atoms with van der Waals surface area (Å²) < 4.78 is 5.41. The highest BCUT2D eigenvalue weighted by Crippen LogP contribution is 2.52. The SMILES string of the molecule is Cc1ccc(N2C(=O)[C@H]3C(=O)Oc4ccccc4[C@H]3C(C)(C)C2=O)cc1. The molecular formula is C21H19NO4. The van der Waals surface area contributed by atoms with Crippen LogP contribution >= 0.6 is 0 Å². The van der Waals surface area contributed by atoms with Crippen molar-refractivity contribution in [2.24, 2.45) is 11.3 Å². The molecule has 2 amide bonds. The Labute approximate surface area is 151 Å². The molecule has 2 aromatic rings. The van der Waals surface area contributed by atoms with Crippen molar-refractivity contribution in [3.05, 3.63) is 59.7 Å². The zero-order chi connectivity index (χ0) is 18.6. The van der Waals surface area contributed by atoms with Crippen molar-refractivity contribution in [2.45, 2.75) is 26.7 Å². The second-order valence-electron chi connectivity index (χ2n) is 7.45. The van der Waals surface area contributed by atoms with Gasteiger partial charge in [0.15, 0.2) is 0 Å². The fourth-order valence-corrected chi connectivity index (χ4v) is 3.97. The van der Waals surface area contributed by atoms with Crippen LogP contribution in [-0.4, -0.2) is 17.8 Å². The molecule has 5 heteroatoms. The fourth-order valence-electron chi connectivity index (χ4n) is 3.97. The molecule has 0 unspecified atom stereocenters. The number of benzene rings is 2. The number of para-hydroxylation sites is 1. The van der Waals surface area contributed by atoms with E-state index in [1.54, 1.807) is 38.1 Å². The van der Waals surface area contributed by atoms with Gasteiger partial charge >= 0.3 is 5.97 Å². The van der Waals surface area contributed by atoms with Gasteiger partial charge in [-0.15, -0.1) is 0 Å². The topological polar surface area (TPSA) is 63.7 Å². The van der Waals surface area contributed by atoms with Gasteiger partial charge in [0.1, 0.15) is 11.7 Å². The number of fused-ring (bicyclic) bond motifs is 3. The Hall–Kier alpha value is -2.95. The number of piperidine rings is 1. The largest absolute Gasteiger partial charge is 0.426 e. The molecule has 0 bridgehead atoms. The van der Waals surface area contributed by atoms with Gasteiger partial charge in [-0.2, -0.15) is 0 Å². The third-order valence-corrected chi connectivity index (χ3v) is 5.36. The third-order valence-electron chi connectivity index (χ3n) is 5.36. The molecule has 0 aromatic heterocycles. The summed E-state index contributed by atoms with van der Waals surface area (Å²) in [4.78, 5) is 40.2. The highest BCUT2D eigenvalue weighted by molar-refractivity contribution is 6.24. The number of hydrogen-bond donors (Lipinski definition) is 0. The number of esters is 1. The van der Waals surface area contributed by atoms with Crippen LogP contribution in [0.25, 0.3) is 0 Å². The molecule has 5 nitrogen and oxygen atoms in total. The van der Waals surface area contributed by atoms with Gasteiger partial charge in [0.2, 0.25) is 11.8 Å². The number of anilines is 1. The molecule has 0 radical (unpaired) electrons. The minimum atomic E-state index is -1.03. The molecule has 132 valence electrons. The van der Waals surface area contributed by atoms with E-state index in [-0.39, 0.29) is 5.91 Å². The van der Waals surface area contributed by atoms with Gasteiger partial charge < -0.3 is 4.74 Å². The molecule has 1 saturated heterocycles. The van der Waals surface area contributed by atoms with Crippen molar-refractivity contribution in [1.29, 1.82) is 0 Å². The van der Waals surface area contributed by atoms with Gasteiger partial charge in [-0.1, -0.05) is 49.7 Å². The zero-order valence-electron chi connectivity index (χ0n) is 14.9. The van der Waals surface area contributed by atoms with E-state index in [2.05, 4.69) is 0 Å². The van der Waals surface area contributed by atoms with Crippen molar-refractivity contribution >= 4 is 23.5 Å². The van der Waals surface area contributed by atoms with E-state index in [9.17, 15) is 14.4 Å². The lowest BCUT2D eigenvalue weighted by Crippen LogP contribution is -2.61. The van der Waals surface area contributed by atoms with Crippen molar-refractivity contribution < 1.29 is 19.1 Å². The Morgan fingerprint density at radius 1 is 0.962 bits per heavy atom. The van der Waals surface area contributed by atoms with Crippen LogP contribution in [0.15, 0.2) is 48.5 Å². The second-order valence-corrected chi connectivity index (χ2v) is 7.45. The molecule has 1 fully saturated rings. The number of hydrogen-bond acceptors (Lipinski definition) is 4. The maximum absolute atomic E-state index is 13.3. The van der Waals surface area contributed by atoms with E-state index in [0.29, 0.717) is 11.4 Å². The fraction of sp³-hybridized carbons (Fsp3) is 0.286. The molecule has 2 atom stereocenters. The number of imide groups is 1. The maximum atomic E-state index is 13.3. The van der Waals surface area contributed by atoms with Gasteiger partial charge in [-0.05, 0) is 25.1 Å². The van der Waals surface area contributed by atoms with Crippen molar-refractivity contribution in [3.8, 4) is 5.75 Å². The normalized spacial score (nSPS) is 24.0. The summed E-state index contributed by atoms with van der Waals surface area (Å²) >= 11 is 0. The average molecular weight is 349 g/mol. The van der Waals surface area contributed by atoms with Gasteiger partial charge in [0.25, 0.3) is 0 Å². The van der Waals surface area contributed by atoms with E-state index in [1.807, 2.05) is 31.2 Å². The van der Waals surface area contributed by atoms with E-state index >= 15 is 0 Å². The molecule has 0 saturated carbocycles. The first-order chi connectivity index (χ1) is 12.3. The summed E-state index contributed by atoms with van der Waals surface area (Å²) in [6, 6.07) is 14.2. The quantitative estimate of drug-likeness (QED) is 0.343. The van der Waals surface area contributed by atoms with Crippen LogP contribution in [0.2, 0.25) is 0 Å². The lowest BCUT2D eigenvalue weighted by Gasteiger charge is -2.47. The second kappa shape index (κ2) is 5.53. The van der Waals surface area contributed by atoms with Crippen LogP contribution in [0.5, 0.6) is 5.75 Å². The molecule has 2 heterocycles. The Bertz CT molecular complexity index is 929. The number of amides is 2. The molecule has 0 spiro atoms. The maximum Gasteiger partial charge on any atom is 0.324 e. The number of carbonyl (C=O) groups is 3. The minimum Gasteiger partial charge on any atom is -0.426 e. The first-order valence-corrected chi connectivity index (χ1v) is 8.58. The Balaban J connectivity index is 1.87. The summed E-state index contributed by atoms with van der Waals surface area (Å²) in [6.45, 7) is 5.51. The van der Waals surface area contributed by atoms with Crippen molar-refractivity contribution in [3.63, 3.8) is 0 Å². The highest BCUT2D eigenvalue weighted by Gasteiger charge is 2.59. The molecular weight excluding hydrogens is 330 g/mol. The molecule has 0 aliphatic carbocycles. The molecule has 26 heavy (non-hydrogen) atoms. The highest BCUT2D eigenvalue weighted by atomic mass is 16.5. The molecule has 2 aliphatic heterocycles. The predicted molar refractivity (Wildman–Crippen MR) is 95.8 cm³/mol. The van der Waals surface area contributed by atoms with Crippen LogP contribution in [0.1, 0.15) is 30.9 Å². The summed E-state index contributed by atoms with van der Waals surface area (Å²) in [6.07, 6.45) is 0. The lowest BCUT2D eigenvalue weighted by molar-refractivity contribution is -0.154. The first kappa shape index (κ1) is 16.5. The van der Waals surface area contributed by atoms with Crippen LogP contribution in [0.3, 0.4) is 0 Å². The van der Waals surface area contributed by atoms with Crippen LogP contribution < -0.4 is 9.64 Å². The molecule has 2 aliphatic rings. The van der Waals surface area contributed by atoms with Gasteiger partial charge in [0, 0.05) is 11.5 Å². The summed E-state index contributed by atoms with van der Waals surface area (Å²) in [5.74, 6) is -2.58. The molecule has 2 aromatic carbocycles. The summed E-state index contributed by atoms with van der Waals surface area (Å²) in [7, 11) is 0. The van der Waals surface area contributed by atoms with E-state index in [4.69, 9.17) is 4.74 Å². The minimum absolute atomic E-state index is 0.308. The number of aryl methyl sites for hydroxylation is 1. The van der Waals surface area contributed by atoms with Crippen molar-refractivity contribution in [2.75, 3.05) is 4.90 Å². The summed E-state index contributed by atoms with van der Waals surface area (Å²) in [5, 5.41) is 0. The van der Waals surface area contributed by atoms with Gasteiger partial charge in [-0.3, -0.25) is 14.4 Å². The number of carbonyl (C=O) groups excluding carboxylic acids is 3. The van der Waals surface area contributed by atoms with Crippen molar-refractivity contribution in [1.82, 2.24) is 0 Å². The van der Waals surface area contributed by atoms with Crippen LogP contribution in [-0.2, 0) is 14.4 Å². The van der Waals surface area contributed by atoms with Gasteiger partial charge in [-0.25, -0.2) is 4.90 Å². The standard InChI is InChI=1S/C21H19NO4/c1-12-8-10-13(11-9-12)22-18(23)16-17(21(2,3)20(22)25)14-6-4-5-7-15(14)26-19(16)24/h4-11,16-17H,1-3H3/t16-,17+/m0/s1.